The zero-order valence-electron chi connectivity index (χ0n) is 10.5. The first-order valence-electron chi connectivity index (χ1n) is 5.99. The molecule has 2 nitrogen and oxygen atoms in total. The standard InChI is InChI=1S/C13H22N2S/c1-4-5-6-7-16-13-12(9-14)10(2)8-11(3)15-13/h8H,4-7,9,14H2,1-3H3. The van der Waals surface area contributed by atoms with Crippen LogP contribution in [0.15, 0.2) is 11.1 Å². The lowest BCUT2D eigenvalue weighted by Crippen LogP contribution is -2.04. The third-order valence-electron chi connectivity index (χ3n) is 2.63. The van der Waals surface area contributed by atoms with E-state index in [-0.39, 0.29) is 0 Å². The highest BCUT2D eigenvalue weighted by atomic mass is 32.2. The molecule has 3 heteroatoms. The molecule has 0 saturated heterocycles. The maximum atomic E-state index is 5.78. The van der Waals surface area contributed by atoms with Crippen LogP contribution in [0.2, 0.25) is 0 Å². The van der Waals surface area contributed by atoms with Crippen LogP contribution in [0, 0.1) is 13.8 Å². The molecule has 0 amide bonds. The summed E-state index contributed by atoms with van der Waals surface area (Å²) in [7, 11) is 0. The fraction of sp³-hybridized carbons (Fsp3) is 0.615. The van der Waals surface area contributed by atoms with Crippen molar-refractivity contribution in [3.63, 3.8) is 0 Å². The van der Waals surface area contributed by atoms with Crippen molar-refractivity contribution in [2.75, 3.05) is 5.75 Å². The van der Waals surface area contributed by atoms with Crippen LogP contribution in [0.4, 0.5) is 0 Å². The lowest BCUT2D eigenvalue weighted by Gasteiger charge is -2.10. The molecule has 0 aliphatic heterocycles. The topological polar surface area (TPSA) is 38.9 Å². The minimum atomic E-state index is 0.592. The fourth-order valence-electron chi connectivity index (χ4n) is 1.72. The molecular formula is C13H22N2S. The number of rotatable bonds is 6. The predicted octanol–water partition coefficient (Wildman–Crippen LogP) is 3.44. The fourth-order valence-corrected chi connectivity index (χ4v) is 2.89. The van der Waals surface area contributed by atoms with Gasteiger partial charge in [-0.3, -0.25) is 0 Å². The number of unbranched alkanes of at least 4 members (excludes halogenated alkanes) is 2. The molecule has 0 aromatic carbocycles. The Morgan fingerprint density at radius 3 is 2.69 bits per heavy atom. The normalized spacial score (nSPS) is 10.8. The zero-order valence-corrected chi connectivity index (χ0v) is 11.4. The van der Waals surface area contributed by atoms with Crippen LogP contribution < -0.4 is 5.73 Å². The van der Waals surface area contributed by atoms with Gasteiger partial charge in [0.25, 0.3) is 0 Å². The van der Waals surface area contributed by atoms with E-state index in [1.807, 2.05) is 18.7 Å². The smallest absolute Gasteiger partial charge is 0.101 e. The van der Waals surface area contributed by atoms with Crippen LogP contribution in [-0.2, 0) is 6.54 Å². The second-order valence-electron chi connectivity index (χ2n) is 4.12. The van der Waals surface area contributed by atoms with Gasteiger partial charge in [-0.25, -0.2) is 4.98 Å². The van der Waals surface area contributed by atoms with E-state index >= 15 is 0 Å². The van der Waals surface area contributed by atoms with E-state index in [2.05, 4.69) is 24.9 Å². The number of thioether (sulfide) groups is 1. The highest BCUT2D eigenvalue weighted by Gasteiger charge is 2.07. The first kappa shape index (κ1) is 13.5. The van der Waals surface area contributed by atoms with Crippen LogP contribution in [-0.4, -0.2) is 10.7 Å². The van der Waals surface area contributed by atoms with Gasteiger partial charge in [0, 0.05) is 17.8 Å². The molecule has 0 bridgehead atoms. The van der Waals surface area contributed by atoms with Crippen molar-refractivity contribution in [2.24, 2.45) is 5.73 Å². The monoisotopic (exact) mass is 238 g/mol. The third kappa shape index (κ3) is 3.80. The molecule has 1 rings (SSSR count). The van der Waals surface area contributed by atoms with Gasteiger partial charge in [-0.05, 0) is 37.7 Å². The number of nitrogens with two attached hydrogens (primary N) is 1. The third-order valence-corrected chi connectivity index (χ3v) is 3.73. The van der Waals surface area contributed by atoms with Gasteiger partial charge in [0.2, 0.25) is 0 Å². The molecule has 1 aromatic rings. The van der Waals surface area contributed by atoms with Gasteiger partial charge in [0.15, 0.2) is 0 Å². The molecule has 90 valence electrons. The van der Waals surface area contributed by atoms with Crippen LogP contribution in [0.3, 0.4) is 0 Å². The second kappa shape index (κ2) is 6.92. The maximum absolute atomic E-state index is 5.78. The van der Waals surface area contributed by atoms with E-state index in [0.29, 0.717) is 6.54 Å². The van der Waals surface area contributed by atoms with Gasteiger partial charge in [-0.2, -0.15) is 0 Å². The molecular weight excluding hydrogens is 216 g/mol. The predicted molar refractivity (Wildman–Crippen MR) is 71.9 cm³/mol. The van der Waals surface area contributed by atoms with Crippen LogP contribution in [0.5, 0.6) is 0 Å². The van der Waals surface area contributed by atoms with Gasteiger partial charge >= 0.3 is 0 Å². The van der Waals surface area contributed by atoms with Crippen LogP contribution in [0.1, 0.15) is 43.0 Å². The van der Waals surface area contributed by atoms with Gasteiger partial charge in [-0.15, -0.1) is 11.8 Å². The molecule has 2 N–H and O–H groups in total. The Morgan fingerprint density at radius 2 is 2.06 bits per heavy atom. The van der Waals surface area contributed by atoms with Gasteiger partial charge in [0.1, 0.15) is 5.03 Å². The zero-order chi connectivity index (χ0) is 12.0. The van der Waals surface area contributed by atoms with Crippen molar-refractivity contribution in [2.45, 2.75) is 51.6 Å². The minimum absolute atomic E-state index is 0.592. The maximum Gasteiger partial charge on any atom is 0.101 e. The van der Waals surface area contributed by atoms with E-state index in [1.54, 1.807) is 0 Å². The number of hydrogen-bond donors (Lipinski definition) is 1. The Hall–Kier alpha value is -0.540. The summed E-state index contributed by atoms with van der Waals surface area (Å²) in [5, 5.41) is 1.14. The number of aromatic nitrogens is 1. The Morgan fingerprint density at radius 1 is 1.31 bits per heavy atom. The molecule has 0 saturated carbocycles. The first-order valence-corrected chi connectivity index (χ1v) is 6.97. The van der Waals surface area contributed by atoms with E-state index in [1.165, 1.54) is 30.4 Å². The molecule has 16 heavy (non-hydrogen) atoms. The molecule has 1 heterocycles. The summed E-state index contributed by atoms with van der Waals surface area (Å²) >= 11 is 1.85. The molecule has 0 unspecified atom stereocenters. The van der Waals surface area contributed by atoms with Crippen LogP contribution in [0.25, 0.3) is 0 Å². The Balaban J connectivity index is 2.69. The summed E-state index contributed by atoms with van der Waals surface area (Å²) < 4.78 is 0. The van der Waals surface area contributed by atoms with E-state index in [4.69, 9.17) is 5.73 Å². The van der Waals surface area contributed by atoms with Crippen molar-refractivity contribution >= 4 is 11.8 Å². The number of nitrogens with zero attached hydrogens (tertiary/aromatic N) is 1. The molecule has 1 aromatic heterocycles. The molecule has 0 aliphatic rings. The summed E-state index contributed by atoms with van der Waals surface area (Å²) in [4.78, 5) is 4.59. The van der Waals surface area contributed by atoms with Crippen LogP contribution >= 0.6 is 11.8 Å². The average Bonchev–Trinajstić information content (AvgIpc) is 2.24. The quantitative estimate of drug-likeness (QED) is 0.609. The second-order valence-corrected chi connectivity index (χ2v) is 5.21. The molecule has 0 spiro atoms. The Bertz CT molecular complexity index is 337. The lowest BCUT2D eigenvalue weighted by atomic mass is 10.1. The van der Waals surface area contributed by atoms with E-state index < -0.39 is 0 Å². The Labute approximate surface area is 103 Å². The van der Waals surface area contributed by atoms with Crippen molar-refractivity contribution in [3.8, 4) is 0 Å². The molecule has 0 atom stereocenters. The van der Waals surface area contributed by atoms with Crippen molar-refractivity contribution in [1.82, 2.24) is 4.98 Å². The van der Waals surface area contributed by atoms with Crippen molar-refractivity contribution in [3.05, 3.63) is 22.9 Å². The highest BCUT2D eigenvalue weighted by molar-refractivity contribution is 7.99. The Kier molecular flexibility index (Phi) is 5.85. The van der Waals surface area contributed by atoms with E-state index in [9.17, 15) is 0 Å². The van der Waals surface area contributed by atoms with Crippen molar-refractivity contribution in [1.29, 1.82) is 0 Å². The summed E-state index contributed by atoms with van der Waals surface area (Å²) in [5.41, 5.74) is 9.36. The molecule has 0 radical (unpaired) electrons. The van der Waals surface area contributed by atoms with Gasteiger partial charge in [-0.1, -0.05) is 19.8 Å². The van der Waals surface area contributed by atoms with E-state index in [0.717, 1.165) is 16.5 Å². The first-order chi connectivity index (χ1) is 7.69. The van der Waals surface area contributed by atoms with Gasteiger partial charge in [0.05, 0.1) is 0 Å². The molecule has 0 fully saturated rings. The SMILES string of the molecule is CCCCCSc1nc(C)cc(C)c1CN. The van der Waals surface area contributed by atoms with Crippen molar-refractivity contribution < 1.29 is 0 Å². The van der Waals surface area contributed by atoms with Gasteiger partial charge < -0.3 is 5.73 Å². The summed E-state index contributed by atoms with van der Waals surface area (Å²) in [5.74, 6) is 1.15. The minimum Gasteiger partial charge on any atom is -0.326 e. The number of pyridine rings is 1. The summed E-state index contributed by atoms with van der Waals surface area (Å²) in [6, 6.07) is 2.11. The lowest BCUT2D eigenvalue weighted by molar-refractivity contribution is 0.777. The molecule has 0 aliphatic carbocycles. The summed E-state index contributed by atoms with van der Waals surface area (Å²) in [6.45, 7) is 6.98. The largest absolute Gasteiger partial charge is 0.326 e. The summed E-state index contributed by atoms with van der Waals surface area (Å²) in [6.07, 6.45) is 3.83. The number of aryl methyl sites for hydroxylation is 2. The number of hydrogen-bond acceptors (Lipinski definition) is 3. The highest BCUT2D eigenvalue weighted by Crippen LogP contribution is 2.24. The average molecular weight is 238 g/mol.